The van der Waals surface area contributed by atoms with Gasteiger partial charge in [-0.15, -0.1) is 16.4 Å². The van der Waals surface area contributed by atoms with E-state index in [0.717, 1.165) is 37.3 Å². The summed E-state index contributed by atoms with van der Waals surface area (Å²) in [6, 6.07) is 11.6. The lowest BCUT2D eigenvalue weighted by Crippen LogP contribution is -2.12. The number of thiophene rings is 1. The van der Waals surface area contributed by atoms with Gasteiger partial charge in [-0.25, -0.2) is 15.0 Å². The lowest BCUT2D eigenvalue weighted by molar-refractivity contribution is 0.583. The summed E-state index contributed by atoms with van der Waals surface area (Å²) in [5.74, 6) is 0.0779. The number of rotatable bonds is 6. The normalized spacial score (nSPS) is 11.2. The van der Waals surface area contributed by atoms with Crippen molar-refractivity contribution in [2.45, 2.75) is 13.5 Å². The quantitative estimate of drug-likeness (QED) is 0.397. The number of pyridine rings is 1. The maximum Gasteiger partial charge on any atom is 0.223 e. The van der Waals surface area contributed by atoms with Crippen LogP contribution in [0.1, 0.15) is 5.56 Å². The van der Waals surface area contributed by atoms with Gasteiger partial charge in [-0.2, -0.15) is 4.39 Å². The van der Waals surface area contributed by atoms with Crippen LogP contribution < -0.4 is 5.32 Å². The summed E-state index contributed by atoms with van der Waals surface area (Å²) in [7, 11) is 0. The first-order chi connectivity index (χ1) is 15.2. The van der Waals surface area contributed by atoms with E-state index < -0.39 is 5.95 Å². The Hall–Kier alpha value is -3.72. The van der Waals surface area contributed by atoms with E-state index in [1.807, 2.05) is 31.3 Å². The Morgan fingerprint density at radius 2 is 2.03 bits per heavy atom. The molecule has 154 valence electrons. The van der Waals surface area contributed by atoms with Crippen molar-refractivity contribution in [3.63, 3.8) is 0 Å². The van der Waals surface area contributed by atoms with Crippen molar-refractivity contribution in [1.82, 2.24) is 29.9 Å². The smallest absolute Gasteiger partial charge is 0.223 e. The molecule has 0 aliphatic carbocycles. The van der Waals surface area contributed by atoms with Crippen molar-refractivity contribution in [2.75, 3.05) is 11.9 Å². The summed E-state index contributed by atoms with van der Waals surface area (Å²) in [5, 5.41) is 12.0. The minimum Gasteiger partial charge on any atom is -0.352 e. The number of nitrogens with one attached hydrogen (secondary N) is 1. The molecule has 0 radical (unpaired) electrons. The minimum atomic E-state index is -0.480. The van der Waals surface area contributed by atoms with Crippen LogP contribution >= 0.6 is 11.3 Å². The molecule has 0 fully saturated rings. The zero-order valence-corrected chi connectivity index (χ0v) is 17.5. The number of benzene rings is 1. The molecule has 9 heteroatoms. The molecule has 31 heavy (non-hydrogen) atoms. The summed E-state index contributed by atoms with van der Waals surface area (Å²) < 4.78 is 16.6. The zero-order chi connectivity index (χ0) is 21.2. The van der Waals surface area contributed by atoms with Crippen LogP contribution in [0.2, 0.25) is 0 Å². The summed E-state index contributed by atoms with van der Waals surface area (Å²) in [6.07, 6.45) is 6.77. The standard InChI is InChI=1S/C22H18FN7S/c1-14-13-26-20(23)12-17(14)16-4-2-3-15-11-19(31-21(15)16)18-5-6-24-22(28-18)25-7-9-30-10-8-27-29-30/h2-6,8,10-13H,7,9H2,1H3,(H,24,25,28). The second-order valence-electron chi connectivity index (χ2n) is 7.01. The second kappa shape index (κ2) is 8.19. The number of anilines is 1. The van der Waals surface area contributed by atoms with E-state index in [4.69, 9.17) is 0 Å². The molecule has 5 aromatic rings. The van der Waals surface area contributed by atoms with Gasteiger partial charge in [-0.3, -0.25) is 4.68 Å². The van der Waals surface area contributed by atoms with Gasteiger partial charge in [0.1, 0.15) is 0 Å². The zero-order valence-electron chi connectivity index (χ0n) is 16.7. The predicted molar refractivity (Wildman–Crippen MR) is 119 cm³/mol. The van der Waals surface area contributed by atoms with Crippen molar-refractivity contribution >= 4 is 27.4 Å². The molecule has 1 aromatic carbocycles. The minimum absolute atomic E-state index is 0.480. The molecule has 0 unspecified atom stereocenters. The van der Waals surface area contributed by atoms with Crippen LogP contribution in [-0.2, 0) is 6.54 Å². The Bertz CT molecular complexity index is 1350. The van der Waals surface area contributed by atoms with Gasteiger partial charge in [0.2, 0.25) is 11.9 Å². The Balaban J connectivity index is 1.45. The number of aryl methyl sites for hydroxylation is 1. The lowest BCUT2D eigenvalue weighted by atomic mass is 10.0. The molecule has 0 saturated heterocycles. The third kappa shape index (κ3) is 3.99. The van der Waals surface area contributed by atoms with Crippen molar-refractivity contribution in [1.29, 1.82) is 0 Å². The van der Waals surface area contributed by atoms with Crippen LogP contribution in [0.5, 0.6) is 0 Å². The van der Waals surface area contributed by atoms with Crippen LogP contribution in [0.4, 0.5) is 10.3 Å². The fourth-order valence-electron chi connectivity index (χ4n) is 3.41. The molecule has 0 spiro atoms. The molecule has 7 nitrogen and oxygen atoms in total. The van der Waals surface area contributed by atoms with Gasteiger partial charge in [-0.05, 0) is 41.1 Å². The summed E-state index contributed by atoms with van der Waals surface area (Å²) in [6.45, 7) is 3.24. The van der Waals surface area contributed by atoms with Crippen LogP contribution in [0, 0.1) is 12.9 Å². The maximum absolute atomic E-state index is 13.8. The van der Waals surface area contributed by atoms with E-state index in [-0.39, 0.29) is 0 Å². The Labute approximate surface area is 181 Å². The average Bonchev–Trinajstić information content (AvgIpc) is 3.45. The van der Waals surface area contributed by atoms with E-state index in [1.165, 1.54) is 6.07 Å². The number of hydrogen-bond acceptors (Lipinski definition) is 7. The number of halogens is 1. The molecule has 0 aliphatic rings. The molecular formula is C22H18FN7S. The SMILES string of the molecule is Cc1cnc(F)cc1-c1cccc2cc(-c3ccnc(NCCn4ccnn4)n3)sc12. The maximum atomic E-state index is 13.8. The largest absolute Gasteiger partial charge is 0.352 e. The molecule has 5 rings (SSSR count). The molecule has 0 bridgehead atoms. The monoisotopic (exact) mass is 431 g/mol. The van der Waals surface area contributed by atoms with Crippen molar-refractivity contribution < 1.29 is 4.39 Å². The summed E-state index contributed by atoms with van der Waals surface area (Å²) >= 11 is 1.63. The number of fused-ring (bicyclic) bond motifs is 1. The molecule has 0 saturated carbocycles. The summed E-state index contributed by atoms with van der Waals surface area (Å²) in [4.78, 5) is 13.8. The van der Waals surface area contributed by atoms with Crippen LogP contribution in [-0.4, -0.2) is 36.5 Å². The van der Waals surface area contributed by atoms with E-state index in [2.05, 4.69) is 42.7 Å². The van der Waals surface area contributed by atoms with E-state index >= 15 is 0 Å². The highest BCUT2D eigenvalue weighted by Gasteiger charge is 2.13. The Kier molecular flexibility index (Phi) is 5.09. The van der Waals surface area contributed by atoms with Gasteiger partial charge >= 0.3 is 0 Å². The van der Waals surface area contributed by atoms with Crippen molar-refractivity contribution in [2.24, 2.45) is 0 Å². The Morgan fingerprint density at radius 3 is 2.90 bits per heavy atom. The first kappa shape index (κ1) is 19.3. The van der Waals surface area contributed by atoms with E-state index in [0.29, 0.717) is 19.0 Å². The number of hydrogen-bond donors (Lipinski definition) is 1. The molecule has 4 heterocycles. The molecule has 0 amide bonds. The Morgan fingerprint density at radius 1 is 1.10 bits per heavy atom. The summed E-state index contributed by atoms with van der Waals surface area (Å²) in [5.41, 5.74) is 3.62. The van der Waals surface area contributed by atoms with E-state index in [9.17, 15) is 4.39 Å². The molecule has 4 aromatic heterocycles. The highest BCUT2D eigenvalue weighted by Crippen LogP contribution is 2.39. The van der Waals surface area contributed by atoms with Gasteiger partial charge in [0.25, 0.3) is 0 Å². The third-order valence-electron chi connectivity index (χ3n) is 4.91. The number of nitrogens with zero attached hydrogens (tertiary/aromatic N) is 6. The van der Waals surface area contributed by atoms with Gasteiger partial charge in [0, 0.05) is 35.9 Å². The molecule has 0 atom stereocenters. The fraction of sp³-hybridized carbons (Fsp3) is 0.136. The van der Waals surface area contributed by atoms with E-state index in [1.54, 1.807) is 34.6 Å². The van der Waals surface area contributed by atoms with Crippen LogP contribution in [0.15, 0.2) is 61.2 Å². The van der Waals surface area contributed by atoms with Gasteiger partial charge < -0.3 is 5.32 Å². The molecule has 1 N–H and O–H groups in total. The highest BCUT2D eigenvalue weighted by atomic mass is 32.1. The molecular weight excluding hydrogens is 413 g/mol. The number of aromatic nitrogens is 6. The molecule has 0 aliphatic heterocycles. The first-order valence-electron chi connectivity index (χ1n) is 9.74. The van der Waals surface area contributed by atoms with Crippen LogP contribution in [0.25, 0.3) is 31.8 Å². The van der Waals surface area contributed by atoms with Gasteiger partial charge in [0.15, 0.2) is 0 Å². The average molecular weight is 432 g/mol. The van der Waals surface area contributed by atoms with Crippen molar-refractivity contribution in [3.8, 4) is 21.7 Å². The highest BCUT2D eigenvalue weighted by molar-refractivity contribution is 7.22. The third-order valence-corrected chi connectivity index (χ3v) is 6.11. The van der Waals surface area contributed by atoms with Crippen molar-refractivity contribution in [3.05, 3.63) is 72.7 Å². The second-order valence-corrected chi connectivity index (χ2v) is 8.07. The van der Waals surface area contributed by atoms with Gasteiger partial charge in [0.05, 0.1) is 23.3 Å². The topological polar surface area (TPSA) is 81.4 Å². The van der Waals surface area contributed by atoms with Crippen LogP contribution in [0.3, 0.4) is 0 Å². The first-order valence-corrected chi connectivity index (χ1v) is 10.6. The lowest BCUT2D eigenvalue weighted by Gasteiger charge is -2.07. The fourth-order valence-corrected chi connectivity index (χ4v) is 4.56. The van der Waals surface area contributed by atoms with Gasteiger partial charge in [-0.1, -0.05) is 23.4 Å². The predicted octanol–water partition coefficient (Wildman–Crippen LogP) is 4.57.